The molecule has 1 aromatic carbocycles. The van der Waals surface area contributed by atoms with E-state index in [2.05, 4.69) is 49.2 Å². The van der Waals surface area contributed by atoms with Gasteiger partial charge >= 0.3 is 0 Å². The largest absolute Gasteiger partial charge is 0.297 e. The number of nitrogens with zero attached hydrogens (tertiary/aromatic N) is 1. The minimum atomic E-state index is 0.281. The van der Waals surface area contributed by atoms with Gasteiger partial charge in [0.05, 0.1) is 0 Å². The average molecular weight is 229 g/mol. The van der Waals surface area contributed by atoms with Gasteiger partial charge in [0.1, 0.15) is 0 Å². The molecule has 0 aliphatic heterocycles. The molecule has 0 spiro atoms. The lowest BCUT2D eigenvalue weighted by molar-refractivity contribution is 0.263. The first kappa shape index (κ1) is 12.3. The quantitative estimate of drug-likeness (QED) is 0.673. The second-order valence-corrected chi connectivity index (χ2v) is 5.45. The van der Waals surface area contributed by atoms with E-state index < -0.39 is 0 Å². The molecule has 2 rings (SSSR count). The van der Waals surface area contributed by atoms with Crippen LogP contribution < -0.4 is 0 Å². The summed E-state index contributed by atoms with van der Waals surface area (Å²) in [5, 5.41) is 0. The molecule has 0 bridgehead atoms. The van der Waals surface area contributed by atoms with Crippen LogP contribution in [0.1, 0.15) is 45.1 Å². The predicted octanol–water partition coefficient (Wildman–Crippen LogP) is 4.23. The van der Waals surface area contributed by atoms with Crippen molar-refractivity contribution in [1.29, 1.82) is 0 Å². The number of hydrogen-bond acceptors (Lipinski definition) is 1. The van der Waals surface area contributed by atoms with Crippen LogP contribution in [0.3, 0.4) is 0 Å². The fourth-order valence-electron chi connectivity index (χ4n) is 3.32. The molecule has 1 heteroatoms. The molecule has 2 atom stereocenters. The number of aliphatic imine (C=N–C) groups is 1. The van der Waals surface area contributed by atoms with Crippen LogP contribution in [0.15, 0.2) is 35.3 Å². The molecule has 1 aliphatic carbocycles. The van der Waals surface area contributed by atoms with Crippen molar-refractivity contribution in [3.05, 3.63) is 35.9 Å². The topological polar surface area (TPSA) is 12.4 Å². The first-order valence-electron chi connectivity index (χ1n) is 6.67. The van der Waals surface area contributed by atoms with E-state index in [1.54, 1.807) is 0 Å². The Labute approximate surface area is 105 Å². The molecule has 0 N–H and O–H groups in total. The van der Waals surface area contributed by atoms with Crippen LogP contribution in [0.2, 0.25) is 0 Å². The SMILES string of the molecule is CN=C(C)C1CCCCC1(C)c1ccccc1. The summed E-state index contributed by atoms with van der Waals surface area (Å²) in [5.74, 6) is 0.614. The van der Waals surface area contributed by atoms with Gasteiger partial charge in [-0.05, 0) is 25.3 Å². The molecule has 1 saturated carbocycles. The maximum absolute atomic E-state index is 4.45. The van der Waals surface area contributed by atoms with E-state index >= 15 is 0 Å². The molecule has 0 radical (unpaired) electrons. The van der Waals surface area contributed by atoms with Crippen LogP contribution >= 0.6 is 0 Å². The molecular weight excluding hydrogens is 206 g/mol. The van der Waals surface area contributed by atoms with E-state index in [1.807, 2.05) is 7.05 Å². The summed E-state index contributed by atoms with van der Waals surface area (Å²) in [6.45, 7) is 4.61. The molecule has 2 unspecified atom stereocenters. The highest BCUT2D eigenvalue weighted by Crippen LogP contribution is 2.44. The van der Waals surface area contributed by atoms with Gasteiger partial charge in [0, 0.05) is 24.1 Å². The lowest BCUT2D eigenvalue weighted by Gasteiger charge is -2.42. The van der Waals surface area contributed by atoms with E-state index in [9.17, 15) is 0 Å². The predicted molar refractivity (Wildman–Crippen MR) is 74.8 cm³/mol. The van der Waals surface area contributed by atoms with Gasteiger partial charge in [0.15, 0.2) is 0 Å². The normalized spacial score (nSPS) is 30.3. The van der Waals surface area contributed by atoms with Crippen LogP contribution in [0.25, 0.3) is 0 Å². The Bertz CT molecular complexity index is 393. The first-order chi connectivity index (χ1) is 8.18. The second-order valence-electron chi connectivity index (χ2n) is 5.45. The maximum atomic E-state index is 4.45. The van der Waals surface area contributed by atoms with Crippen molar-refractivity contribution in [2.75, 3.05) is 7.05 Å². The molecule has 1 aromatic rings. The van der Waals surface area contributed by atoms with Crippen molar-refractivity contribution >= 4 is 5.71 Å². The fraction of sp³-hybridized carbons (Fsp3) is 0.562. The van der Waals surface area contributed by atoms with Gasteiger partial charge in [-0.15, -0.1) is 0 Å². The summed E-state index contributed by atoms with van der Waals surface area (Å²) in [7, 11) is 1.93. The van der Waals surface area contributed by atoms with Crippen LogP contribution in [0, 0.1) is 5.92 Å². The molecule has 0 aromatic heterocycles. The van der Waals surface area contributed by atoms with Gasteiger partial charge in [0.2, 0.25) is 0 Å². The van der Waals surface area contributed by atoms with Gasteiger partial charge in [-0.3, -0.25) is 4.99 Å². The highest BCUT2D eigenvalue weighted by Gasteiger charge is 2.39. The molecule has 17 heavy (non-hydrogen) atoms. The van der Waals surface area contributed by atoms with Crippen molar-refractivity contribution in [2.24, 2.45) is 10.9 Å². The zero-order valence-corrected chi connectivity index (χ0v) is 11.2. The second kappa shape index (κ2) is 5.03. The fourth-order valence-corrected chi connectivity index (χ4v) is 3.32. The smallest absolute Gasteiger partial charge is 0.0276 e. The van der Waals surface area contributed by atoms with Crippen LogP contribution in [0.4, 0.5) is 0 Å². The van der Waals surface area contributed by atoms with Gasteiger partial charge in [0.25, 0.3) is 0 Å². The Morgan fingerprint density at radius 2 is 1.94 bits per heavy atom. The van der Waals surface area contributed by atoms with Crippen molar-refractivity contribution < 1.29 is 0 Å². The molecule has 1 aliphatic rings. The summed E-state index contributed by atoms with van der Waals surface area (Å²) >= 11 is 0. The Hall–Kier alpha value is -1.11. The van der Waals surface area contributed by atoms with Gasteiger partial charge < -0.3 is 0 Å². The van der Waals surface area contributed by atoms with Gasteiger partial charge in [-0.1, -0.05) is 50.1 Å². The van der Waals surface area contributed by atoms with Crippen molar-refractivity contribution in [2.45, 2.75) is 44.9 Å². The summed E-state index contributed by atoms with van der Waals surface area (Å²) < 4.78 is 0. The van der Waals surface area contributed by atoms with Crippen molar-refractivity contribution in [3.8, 4) is 0 Å². The first-order valence-corrected chi connectivity index (χ1v) is 6.67. The van der Waals surface area contributed by atoms with Crippen LogP contribution in [-0.4, -0.2) is 12.8 Å². The molecule has 92 valence electrons. The van der Waals surface area contributed by atoms with Crippen molar-refractivity contribution in [3.63, 3.8) is 0 Å². The lowest BCUT2D eigenvalue weighted by atomic mass is 9.62. The number of benzene rings is 1. The van der Waals surface area contributed by atoms with Crippen LogP contribution in [0.5, 0.6) is 0 Å². The molecule has 1 fully saturated rings. The monoisotopic (exact) mass is 229 g/mol. The Morgan fingerprint density at radius 3 is 2.59 bits per heavy atom. The molecule has 0 saturated heterocycles. The van der Waals surface area contributed by atoms with E-state index in [0.717, 1.165) is 0 Å². The third kappa shape index (κ3) is 2.29. The molecule has 1 nitrogen and oxygen atoms in total. The van der Waals surface area contributed by atoms with E-state index in [0.29, 0.717) is 5.92 Å². The summed E-state index contributed by atoms with van der Waals surface area (Å²) in [5.41, 5.74) is 3.08. The van der Waals surface area contributed by atoms with Gasteiger partial charge in [-0.25, -0.2) is 0 Å². The van der Waals surface area contributed by atoms with E-state index in [1.165, 1.54) is 37.0 Å². The van der Waals surface area contributed by atoms with Crippen LogP contribution in [-0.2, 0) is 5.41 Å². The molecular formula is C16H23N. The standard InChI is InChI=1S/C16H23N/c1-13(17-3)15-11-7-8-12-16(15,2)14-9-5-4-6-10-14/h4-6,9-10,15H,7-8,11-12H2,1-3H3. The third-order valence-corrected chi connectivity index (χ3v) is 4.50. The zero-order valence-electron chi connectivity index (χ0n) is 11.2. The van der Waals surface area contributed by atoms with Gasteiger partial charge in [-0.2, -0.15) is 0 Å². The summed E-state index contributed by atoms with van der Waals surface area (Å²) in [4.78, 5) is 4.45. The Morgan fingerprint density at radius 1 is 1.24 bits per heavy atom. The summed E-state index contributed by atoms with van der Waals surface area (Å²) in [6.07, 6.45) is 5.27. The van der Waals surface area contributed by atoms with E-state index in [4.69, 9.17) is 0 Å². The lowest BCUT2D eigenvalue weighted by Crippen LogP contribution is -2.39. The highest BCUT2D eigenvalue weighted by atomic mass is 14.7. The Balaban J connectivity index is 2.38. The van der Waals surface area contributed by atoms with Crippen molar-refractivity contribution in [1.82, 2.24) is 0 Å². The maximum Gasteiger partial charge on any atom is 0.0276 e. The minimum absolute atomic E-state index is 0.281. The minimum Gasteiger partial charge on any atom is -0.297 e. The third-order valence-electron chi connectivity index (χ3n) is 4.50. The summed E-state index contributed by atoms with van der Waals surface area (Å²) in [6, 6.07) is 11.0. The highest BCUT2D eigenvalue weighted by molar-refractivity contribution is 5.86. The van der Waals surface area contributed by atoms with E-state index in [-0.39, 0.29) is 5.41 Å². The molecule has 0 amide bonds. The number of hydrogen-bond donors (Lipinski definition) is 0. The Kier molecular flexibility index (Phi) is 3.66. The average Bonchev–Trinajstić information content (AvgIpc) is 2.39. The molecule has 0 heterocycles. The number of rotatable bonds is 2. The zero-order chi connectivity index (χ0) is 12.3.